The van der Waals surface area contributed by atoms with E-state index in [0.29, 0.717) is 6.42 Å². The van der Waals surface area contributed by atoms with E-state index in [9.17, 15) is 33.9 Å². The predicted molar refractivity (Wildman–Crippen MR) is 199 cm³/mol. The molecule has 0 heterocycles. The molecule has 7 N–H and O–H groups in total. The first-order valence-corrected chi connectivity index (χ1v) is 16.8. The highest BCUT2D eigenvalue weighted by Crippen LogP contribution is 2.21. The van der Waals surface area contributed by atoms with E-state index >= 15 is 0 Å². The molecule has 0 radical (unpaired) electrons. The van der Waals surface area contributed by atoms with Crippen molar-refractivity contribution in [3.63, 3.8) is 0 Å². The van der Waals surface area contributed by atoms with Crippen LogP contribution in [0.25, 0.3) is 0 Å². The van der Waals surface area contributed by atoms with Gasteiger partial charge in [0.2, 0.25) is 5.91 Å². The number of amides is 3. The summed E-state index contributed by atoms with van der Waals surface area (Å²) in [6.45, 7) is 16.0. The Bertz CT molecular complexity index is 1460. The number of esters is 1. The first-order chi connectivity index (χ1) is 24.3. The van der Waals surface area contributed by atoms with E-state index in [4.69, 9.17) is 15.6 Å². The lowest BCUT2D eigenvalue weighted by atomic mass is 9.86. The number of nitrogens with one attached hydrogen (secondary N) is 3. The predicted octanol–water partition coefficient (Wildman–Crippen LogP) is 4.31. The van der Waals surface area contributed by atoms with Gasteiger partial charge in [0.05, 0.1) is 14.2 Å². The van der Waals surface area contributed by atoms with Crippen LogP contribution < -0.4 is 21.7 Å². The number of rotatable bonds is 11. The zero-order valence-corrected chi connectivity index (χ0v) is 32.6. The average Bonchev–Trinajstić information content (AvgIpc) is 3.04. The third kappa shape index (κ3) is 20.4. The number of alkyl carbamates (subject to hydrolysis) is 2. The van der Waals surface area contributed by atoms with Crippen LogP contribution in [0.3, 0.4) is 0 Å². The highest BCUT2D eigenvalue weighted by Gasteiger charge is 2.35. The zero-order chi connectivity index (χ0) is 41.2. The monoisotopic (exact) mass is 746 g/mol. The normalized spacial score (nSPS) is 13.4. The van der Waals surface area contributed by atoms with E-state index in [1.54, 1.807) is 65.8 Å². The van der Waals surface area contributed by atoms with Gasteiger partial charge in [0.25, 0.3) is 0 Å². The minimum Gasteiger partial charge on any atom is -0.480 e. The van der Waals surface area contributed by atoms with Gasteiger partial charge in [0.15, 0.2) is 0 Å². The number of aliphatic carboxylic acids is 2. The average molecular weight is 747 g/mol. The molecule has 3 amide bonds. The van der Waals surface area contributed by atoms with Crippen molar-refractivity contribution in [2.75, 3.05) is 14.2 Å². The molecule has 0 aromatic heterocycles. The Balaban J connectivity index is 0.000000811. The number of hydrogen-bond donors (Lipinski definition) is 6. The van der Waals surface area contributed by atoms with Crippen molar-refractivity contribution in [2.45, 2.75) is 105 Å². The van der Waals surface area contributed by atoms with Crippen molar-refractivity contribution in [1.82, 2.24) is 16.0 Å². The Hall–Kier alpha value is -5.18. The summed E-state index contributed by atoms with van der Waals surface area (Å²) in [6.07, 6.45) is -0.824. The molecule has 1 unspecified atom stereocenters. The molecule has 15 nitrogen and oxygen atoms in total. The summed E-state index contributed by atoms with van der Waals surface area (Å²) in [7, 11) is 2.39. The number of ether oxygens (including phenoxy) is 3. The molecule has 2 aromatic carbocycles. The topological polar surface area (TPSA) is 233 Å². The second kappa shape index (κ2) is 22.0. The van der Waals surface area contributed by atoms with Crippen molar-refractivity contribution < 1.29 is 53.2 Å². The van der Waals surface area contributed by atoms with E-state index in [1.165, 1.54) is 14.2 Å². The summed E-state index contributed by atoms with van der Waals surface area (Å²) in [5, 5.41) is 25.3. The number of methoxy groups -OCH3 is 2. The maximum atomic E-state index is 12.5. The Morgan fingerprint density at radius 3 is 1.36 bits per heavy atom. The highest BCUT2D eigenvalue weighted by atomic mass is 16.6. The van der Waals surface area contributed by atoms with E-state index in [1.807, 2.05) is 57.2 Å². The molecule has 0 saturated heterocycles. The second-order valence-electron chi connectivity index (χ2n) is 15.1. The highest BCUT2D eigenvalue weighted by molar-refractivity contribution is 5.90. The standard InChI is InChI=1S/C17H24N2O5.C13H19NO2.C8H15NO4/c1-17(2,3)13(19-16(23)24-4)14(20)18-12(15(21)22)10-11-8-6-5-7-9-11;1-13(2,3)16-12(15)11(14)9-10-7-5-4-6-8-10;1-8(2,3)5(6(10)11)9-7(12)13-4/h5-9,12-13H,10H2,1-4H3,(H,18,20)(H,19,23)(H,21,22);4-8,11H,9,14H2,1-3H3;5H,1-4H3,(H,9,12)(H,10,11)/t12-,13+;;5-/m0.1/s1. The van der Waals surface area contributed by atoms with Gasteiger partial charge < -0.3 is 46.1 Å². The number of carbonyl (C=O) groups is 6. The van der Waals surface area contributed by atoms with Crippen LogP contribution in [0.2, 0.25) is 0 Å². The zero-order valence-electron chi connectivity index (χ0n) is 32.6. The molecular formula is C38H58N4O11. The molecule has 2 rings (SSSR count). The molecule has 4 atom stereocenters. The number of nitrogens with two attached hydrogens (primary N) is 1. The molecule has 0 aliphatic rings. The largest absolute Gasteiger partial charge is 0.480 e. The summed E-state index contributed by atoms with van der Waals surface area (Å²) in [5.41, 5.74) is 5.98. The number of carboxylic acid groups (broad SMARTS) is 2. The van der Waals surface area contributed by atoms with Crippen molar-refractivity contribution >= 4 is 36.0 Å². The van der Waals surface area contributed by atoms with E-state index in [0.717, 1.165) is 11.1 Å². The first-order valence-electron chi connectivity index (χ1n) is 16.8. The van der Waals surface area contributed by atoms with E-state index in [2.05, 4.69) is 25.4 Å². The van der Waals surface area contributed by atoms with Gasteiger partial charge in [-0.05, 0) is 49.1 Å². The minimum absolute atomic E-state index is 0.150. The lowest BCUT2D eigenvalue weighted by Crippen LogP contribution is -2.57. The SMILES string of the molecule is CC(C)(C)OC(=O)C(N)Cc1ccccc1.COC(=O)N[C@H](C(=O)N[C@@H](Cc1ccccc1)C(=O)O)C(C)(C)C.COC(=O)N[C@H](C(=O)O)C(C)(C)C. The molecule has 296 valence electrons. The quantitative estimate of drug-likeness (QED) is 0.140. The van der Waals surface area contributed by atoms with Gasteiger partial charge in [-0.1, -0.05) is 102 Å². The van der Waals surface area contributed by atoms with Crippen LogP contribution in [0.5, 0.6) is 0 Å². The Kier molecular flexibility index (Phi) is 19.9. The number of hydrogen-bond acceptors (Lipinski definition) is 10. The first kappa shape index (κ1) is 47.8. The van der Waals surface area contributed by atoms with Crippen LogP contribution in [-0.2, 0) is 46.2 Å². The van der Waals surface area contributed by atoms with Crippen molar-refractivity contribution in [2.24, 2.45) is 16.6 Å². The van der Waals surface area contributed by atoms with E-state index < -0.39 is 70.6 Å². The smallest absolute Gasteiger partial charge is 0.407 e. The maximum absolute atomic E-state index is 12.5. The van der Waals surface area contributed by atoms with Gasteiger partial charge in [0, 0.05) is 6.42 Å². The summed E-state index contributed by atoms with van der Waals surface area (Å²) < 4.78 is 14.0. The molecule has 53 heavy (non-hydrogen) atoms. The fourth-order valence-electron chi connectivity index (χ4n) is 4.31. The lowest BCUT2D eigenvalue weighted by Gasteiger charge is -2.30. The van der Waals surface area contributed by atoms with Crippen LogP contribution in [0, 0.1) is 10.8 Å². The Morgan fingerprint density at radius 1 is 0.623 bits per heavy atom. The summed E-state index contributed by atoms with van der Waals surface area (Å²) in [4.78, 5) is 68.5. The molecule has 0 spiro atoms. The van der Waals surface area contributed by atoms with Crippen LogP contribution in [0.15, 0.2) is 60.7 Å². The molecule has 0 fully saturated rings. The fraction of sp³-hybridized carbons (Fsp3) is 0.526. The van der Waals surface area contributed by atoms with Crippen molar-refractivity contribution in [3.8, 4) is 0 Å². The van der Waals surface area contributed by atoms with Crippen molar-refractivity contribution in [1.29, 1.82) is 0 Å². The lowest BCUT2D eigenvalue weighted by molar-refractivity contribution is -0.156. The van der Waals surface area contributed by atoms with Crippen LogP contribution in [0.1, 0.15) is 73.4 Å². The Morgan fingerprint density at radius 2 is 1.02 bits per heavy atom. The summed E-state index contributed by atoms with van der Waals surface area (Å²) >= 11 is 0. The van der Waals surface area contributed by atoms with Crippen molar-refractivity contribution in [3.05, 3.63) is 71.8 Å². The van der Waals surface area contributed by atoms with Crippen LogP contribution in [-0.4, -0.2) is 90.2 Å². The second-order valence-corrected chi connectivity index (χ2v) is 15.1. The minimum atomic E-state index is -1.14. The molecule has 0 bridgehead atoms. The van der Waals surface area contributed by atoms with E-state index in [-0.39, 0.29) is 12.4 Å². The molecule has 15 heteroatoms. The molecule has 2 aromatic rings. The van der Waals surface area contributed by atoms with Gasteiger partial charge in [-0.25, -0.2) is 19.2 Å². The molecule has 0 aliphatic heterocycles. The van der Waals surface area contributed by atoms with Crippen LogP contribution >= 0.6 is 0 Å². The number of carbonyl (C=O) groups excluding carboxylic acids is 4. The third-order valence-corrected chi connectivity index (χ3v) is 7.04. The molecule has 0 aliphatic carbocycles. The van der Waals surface area contributed by atoms with Gasteiger partial charge in [-0.15, -0.1) is 0 Å². The number of benzene rings is 2. The van der Waals surface area contributed by atoms with Gasteiger partial charge in [-0.2, -0.15) is 0 Å². The fourth-order valence-corrected chi connectivity index (χ4v) is 4.31. The summed E-state index contributed by atoms with van der Waals surface area (Å²) in [6, 6.07) is 15.1. The summed E-state index contributed by atoms with van der Waals surface area (Å²) in [5.74, 6) is -3.14. The third-order valence-electron chi connectivity index (χ3n) is 7.04. The maximum Gasteiger partial charge on any atom is 0.407 e. The Labute approximate surface area is 312 Å². The molecular weight excluding hydrogens is 688 g/mol. The molecule has 0 saturated carbocycles. The van der Waals surface area contributed by atoms with Gasteiger partial charge in [0.1, 0.15) is 29.8 Å². The van der Waals surface area contributed by atoms with Crippen LogP contribution in [0.4, 0.5) is 9.59 Å². The van der Waals surface area contributed by atoms with Gasteiger partial charge >= 0.3 is 30.1 Å². The number of carboxylic acids is 2. The van der Waals surface area contributed by atoms with Gasteiger partial charge in [-0.3, -0.25) is 9.59 Å².